The average molecular weight is 210 g/mol. The lowest BCUT2D eigenvalue weighted by molar-refractivity contribution is 1.27. The van der Waals surface area contributed by atoms with Crippen LogP contribution in [0.3, 0.4) is 0 Å². The monoisotopic (exact) mass is 210 g/mol. The van der Waals surface area contributed by atoms with Gasteiger partial charge in [0, 0.05) is 5.56 Å². The van der Waals surface area contributed by atoms with E-state index in [1.54, 1.807) is 6.20 Å². The molecule has 1 aromatic heterocycles. The number of hydrogen-bond donors (Lipinski definition) is 0. The number of aryl methyl sites for hydroxylation is 1. The van der Waals surface area contributed by atoms with Gasteiger partial charge in [-0.25, -0.2) is 0 Å². The third kappa shape index (κ3) is 1.87. The van der Waals surface area contributed by atoms with E-state index >= 15 is 0 Å². The lowest BCUT2D eigenvalue weighted by atomic mass is 10.0. The molecule has 0 aliphatic heterocycles. The van der Waals surface area contributed by atoms with E-state index in [4.69, 9.17) is 0 Å². The van der Waals surface area contributed by atoms with Crippen LogP contribution in [0, 0.1) is 13.8 Å². The van der Waals surface area contributed by atoms with Crippen molar-refractivity contribution in [3.05, 3.63) is 47.7 Å². The maximum Gasteiger partial charge on any atom is 0.0806 e. The number of aromatic nitrogens is 1. The Kier molecular flexibility index (Phi) is 2.82. The van der Waals surface area contributed by atoms with Gasteiger partial charge in [0.05, 0.1) is 17.6 Å². The van der Waals surface area contributed by atoms with Crippen molar-refractivity contribution in [1.82, 2.24) is 4.98 Å². The summed E-state index contributed by atoms with van der Waals surface area (Å²) in [6.45, 7) is 7.70. The van der Waals surface area contributed by atoms with Crippen LogP contribution in [0.2, 0.25) is 0 Å². The van der Waals surface area contributed by atoms with E-state index in [1.165, 1.54) is 16.7 Å². The van der Waals surface area contributed by atoms with Gasteiger partial charge in [0.1, 0.15) is 0 Å². The lowest BCUT2D eigenvalue weighted by Gasteiger charge is -2.07. The molecule has 2 aromatic rings. The third-order valence-electron chi connectivity index (χ3n) is 2.81. The fourth-order valence-corrected chi connectivity index (χ4v) is 1.67. The minimum absolute atomic E-state index is 0.800. The molecule has 0 fully saturated rings. The third-order valence-corrected chi connectivity index (χ3v) is 2.81. The Bertz CT molecular complexity index is 513. The molecule has 80 valence electrons. The van der Waals surface area contributed by atoms with Crippen molar-refractivity contribution in [2.45, 2.75) is 13.8 Å². The number of aliphatic imine (C=N–C) groups is 1. The van der Waals surface area contributed by atoms with Crippen LogP contribution in [-0.4, -0.2) is 11.7 Å². The smallest absolute Gasteiger partial charge is 0.0806 e. The summed E-state index contributed by atoms with van der Waals surface area (Å²) in [7, 11) is 0. The first-order chi connectivity index (χ1) is 7.72. The molecule has 0 bridgehead atoms. The second-order valence-corrected chi connectivity index (χ2v) is 3.81. The van der Waals surface area contributed by atoms with E-state index in [2.05, 4.69) is 48.7 Å². The van der Waals surface area contributed by atoms with E-state index in [0.717, 1.165) is 11.4 Å². The molecule has 2 rings (SSSR count). The molecule has 2 nitrogen and oxygen atoms in total. The number of hydrogen-bond acceptors (Lipinski definition) is 2. The van der Waals surface area contributed by atoms with Crippen molar-refractivity contribution in [2.24, 2.45) is 4.99 Å². The molecule has 0 N–H and O–H groups in total. The summed E-state index contributed by atoms with van der Waals surface area (Å²) in [4.78, 5) is 8.22. The van der Waals surface area contributed by atoms with Crippen LogP contribution in [0.4, 0.5) is 5.69 Å². The molecule has 0 aliphatic rings. The van der Waals surface area contributed by atoms with Gasteiger partial charge in [-0.15, -0.1) is 0 Å². The fraction of sp³-hybridized carbons (Fsp3) is 0.143. The quantitative estimate of drug-likeness (QED) is 0.694. The van der Waals surface area contributed by atoms with Crippen LogP contribution in [0.1, 0.15) is 11.1 Å². The molecule has 0 unspecified atom stereocenters. The van der Waals surface area contributed by atoms with Gasteiger partial charge < -0.3 is 0 Å². The van der Waals surface area contributed by atoms with Crippen LogP contribution < -0.4 is 0 Å². The minimum atomic E-state index is 0.800. The van der Waals surface area contributed by atoms with Crippen molar-refractivity contribution in [2.75, 3.05) is 0 Å². The largest absolute Gasteiger partial charge is 0.263 e. The summed E-state index contributed by atoms with van der Waals surface area (Å²) in [5, 5.41) is 0. The molecule has 0 saturated carbocycles. The molecule has 1 aromatic carbocycles. The zero-order valence-electron chi connectivity index (χ0n) is 9.57. The molecular formula is C14H14N2. The number of nitrogens with zero attached hydrogens (tertiary/aromatic N) is 2. The van der Waals surface area contributed by atoms with E-state index < -0.39 is 0 Å². The molecule has 0 saturated heterocycles. The molecule has 16 heavy (non-hydrogen) atoms. The predicted molar refractivity (Wildman–Crippen MR) is 68.4 cm³/mol. The maximum absolute atomic E-state index is 4.39. The second kappa shape index (κ2) is 4.27. The Hall–Kier alpha value is -1.96. The van der Waals surface area contributed by atoms with Gasteiger partial charge in [0.15, 0.2) is 0 Å². The number of benzene rings is 1. The standard InChI is InChI=1S/C14H14N2/c1-10-5-4-6-13(11(10)2)14-8-7-12(15-3)9-16-14/h4-9H,3H2,1-2H3. The summed E-state index contributed by atoms with van der Waals surface area (Å²) in [5.74, 6) is 0. The molecule has 2 heteroatoms. The number of rotatable bonds is 2. The molecular weight excluding hydrogens is 196 g/mol. The van der Waals surface area contributed by atoms with Crippen LogP contribution >= 0.6 is 0 Å². The van der Waals surface area contributed by atoms with Crippen LogP contribution in [0.5, 0.6) is 0 Å². The van der Waals surface area contributed by atoms with E-state index in [1.807, 2.05) is 12.1 Å². The Morgan fingerprint density at radius 1 is 1.12 bits per heavy atom. The van der Waals surface area contributed by atoms with Gasteiger partial charge in [0.2, 0.25) is 0 Å². The highest BCUT2D eigenvalue weighted by Crippen LogP contribution is 2.24. The Balaban J connectivity index is 2.50. The summed E-state index contributed by atoms with van der Waals surface area (Å²) < 4.78 is 0. The van der Waals surface area contributed by atoms with Crippen molar-refractivity contribution in [3.63, 3.8) is 0 Å². The van der Waals surface area contributed by atoms with Crippen molar-refractivity contribution < 1.29 is 0 Å². The van der Waals surface area contributed by atoms with Gasteiger partial charge in [-0.3, -0.25) is 9.98 Å². The molecule has 0 radical (unpaired) electrons. The summed E-state index contributed by atoms with van der Waals surface area (Å²) in [5.41, 5.74) is 5.51. The fourth-order valence-electron chi connectivity index (χ4n) is 1.67. The predicted octanol–water partition coefficient (Wildman–Crippen LogP) is 3.70. The maximum atomic E-state index is 4.39. The van der Waals surface area contributed by atoms with Crippen LogP contribution in [0.15, 0.2) is 41.5 Å². The molecule has 0 aliphatic carbocycles. The zero-order chi connectivity index (χ0) is 11.5. The highest BCUT2D eigenvalue weighted by Gasteiger charge is 2.04. The Morgan fingerprint density at radius 2 is 1.94 bits per heavy atom. The van der Waals surface area contributed by atoms with E-state index in [-0.39, 0.29) is 0 Å². The van der Waals surface area contributed by atoms with Crippen molar-refractivity contribution in [3.8, 4) is 11.3 Å². The SMILES string of the molecule is C=Nc1ccc(-c2cccc(C)c2C)nc1. The summed E-state index contributed by atoms with van der Waals surface area (Å²) in [6.07, 6.45) is 1.74. The lowest BCUT2D eigenvalue weighted by Crippen LogP contribution is -1.88. The average Bonchev–Trinajstić information content (AvgIpc) is 2.33. The van der Waals surface area contributed by atoms with E-state index in [0.29, 0.717) is 0 Å². The van der Waals surface area contributed by atoms with Gasteiger partial charge in [0.25, 0.3) is 0 Å². The van der Waals surface area contributed by atoms with Gasteiger partial charge in [-0.1, -0.05) is 18.2 Å². The van der Waals surface area contributed by atoms with Crippen LogP contribution in [0.25, 0.3) is 11.3 Å². The van der Waals surface area contributed by atoms with Crippen molar-refractivity contribution in [1.29, 1.82) is 0 Å². The van der Waals surface area contributed by atoms with E-state index in [9.17, 15) is 0 Å². The molecule has 0 spiro atoms. The normalized spacial score (nSPS) is 10.1. The second-order valence-electron chi connectivity index (χ2n) is 3.81. The highest BCUT2D eigenvalue weighted by atomic mass is 14.8. The highest BCUT2D eigenvalue weighted by molar-refractivity contribution is 5.66. The van der Waals surface area contributed by atoms with Gasteiger partial charge in [-0.2, -0.15) is 0 Å². The molecule has 0 amide bonds. The van der Waals surface area contributed by atoms with Crippen LogP contribution in [-0.2, 0) is 0 Å². The summed E-state index contributed by atoms with van der Waals surface area (Å²) in [6, 6.07) is 10.2. The first kappa shape index (κ1) is 10.6. The van der Waals surface area contributed by atoms with Gasteiger partial charge >= 0.3 is 0 Å². The topological polar surface area (TPSA) is 25.2 Å². The molecule has 1 heterocycles. The Morgan fingerprint density at radius 3 is 2.56 bits per heavy atom. The first-order valence-electron chi connectivity index (χ1n) is 5.22. The first-order valence-corrected chi connectivity index (χ1v) is 5.22. The Labute approximate surface area is 95.7 Å². The number of pyridine rings is 1. The molecule has 0 atom stereocenters. The van der Waals surface area contributed by atoms with Crippen molar-refractivity contribution >= 4 is 12.4 Å². The van der Waals surface area contributed by atoms with Gasteiger partial charge in [-0.05, 0) is 43.8 Å². The summed E-state index contributed by atoms with van der Waals surface area (Å²) >= 11 is 0. The zero-order valence-corrected chi connectivity index (χ0v) is 9.57. The minimum Gasteiger partial charge on any atom is -0.263 e.